The number of anilines is 1. The van der Waals surface area contributed by atoms with Crippen molar-refractivity contribution in [2.45, 2.75) is 32.2 Å². The summed E-state index contributed by atoms with van der Waals surface area (Å²) in [5.74, 6) is 1.82. The maximum Gasteiger partial charge on any atom is 0.191 e. The Morgan fingerprint density at radius 3 is 2.92 bits per heavy atom. The molecule has 0 bridgehead atoms. The number of guanidine groups is 1. The van der Waals surface area contributed by atoms with Gasteiger partial charge >= 0.3 is 0 Å². The van der Waals surface area contributed by atoms with E-state index in [9.17, 15) is 0 Å². The van der Waals surface area contributed by atoms with E-state index >= 15 is 0 Å². The second-order valence-corrected chi connectivity index (χ2v) is 5.96. The molecule has 1 aliphatic rings. The fourth-order valence-electron chi connectivity index (χ4n) is 3.03. The number of ether oxygens (including phenoxy) is 1. The molecule has 1 atom stereocenters. The van der Waals surface area contributed by atoms with Gasteiger partial charge in [-0.3, -0.25) is 4.99 Å². The summed E-state index contributed by atoms with van der Waals surface area (Å²) in [6, 6.07) is 8.62. The van der Waals surface area contributed by atoms with Gasteiger partial charge in [-0.25, -0.2) is 0 Å². The fraction of sp³-hybridized carbons (Fsp3) is 0.526. The lowest BCUT2D eigenvalue weighted by atomic mass is 10.0. The molecule has 0 aliphatic carbocycles. The first kappa shape index (κ1) is 21.6. The molecule has 1 aromatic rings. The zero-order valence-electron chi connectivity index (χ0n) is 15.5. The molecule has 1 saturated heterocycles. The van der Waals surface area contributed by atoms with Gasteiger partial charge in [-0.2, -0.15) is 0 Å². The van der Waals surface area contributed by atoms with Crippen LogP contribution in [0.3, 0.4) is 0 Å². The van der Waals surface area contributed by atoms with E-state index in [0.29, 0.717) is 6.04 Å². The summed E-state index contributed by atoms with van der Waals surface area (Å²) >= 11 is 0. The first-order chi connectivity index (χ1) is 11.8. The molecule has 1 unspecified atom stereocenters. The lowest BCUT2D eigenvalue weighted by Crippen LogP contribution is -2.51. The van der Waals surface area contributed by atoms with Crippen molar-refractivity contribution in [1.29, 1.82) is 0 Å². The largest absolute Gasteiger partial charge is 0.495 e. The van der Waals surface area contributed by atoms with Crippen LogP contribution in [-0.4, -0.2) is 45.8 Å². The quantitative estimate of drug-likeness (QED) is 0.226. The summed E-state index contributed by atoms with van der Waals surface area (Å²) in [5.41, 5.74) is 1.17. The Kier molecular flexibility index (Phi) is 10.4. The summed E-state index contributed by atoms with van der Waals surface area (Å²) < 4.78 is 5.51. The standard InChI is InChI=1S/C19H30N4O.HI/c1-4-5-8-13-21-19(20-2)22-16-10-9-14-23(15-16)17-11-6-7-12-18(17)24-3;/h4-7,11-12,16H,8-10,13-15H2,1-3H3,(H2,20,21,22);1H/b5-4+;. The van der Waals surface area contributed by atoms with E-state index in [-0.39, 0.29) is 24.0 Å². The third-order valence-corrected chi connectivity index (χ3v) is 4.25. The van der Waals surface area contributed by atoms with Gasteiger partial charge < -0.3 is 20.3 Å². The van der Waals surface area contributed by atoms with Crippen molar-refractivity contribution >= 4 is 35.6 Å². The van der Waals surface area contributed by atoms with Gasteiger partial charge in [0.05, 0.1) is 12.8 Å². The van der Waals surface area contributed by atoms with Crippen LogP contribution < -0.4 is 20.3 Å². The number of halogens is 1. The van der Waals surface area contributed by atoms with Gasteiger partial charge in [0.2, 0.25) is 0 Å². The molecule has 25 heavy (non-hydrogen) atoms. The Bertz CT molecular complexity index is 562. The van der Waals surface area contributed by atoms with Crippen molar-refractivity contribution in [3.05, 3.63) is 36.4 Å². The van der Waals surface area contributed by atoms with Crippen molar-refractivity contribution in [3.8, 4) is 5.75 Å². The van der Waals surface area contributed by atoms with Gasteiger partial charge in [0.15, 0.2) is 5.96 Å². The molecule has 1 heterocycles. The average molecular weight is 458 g/mol. The number of hydrogen-bond donors (Lipinski definition) is 2. The molecular formula is C19H31IN4O. The number of rotatable bonds is 6. The predicted molar refractivity (Wildman–Crippen MR) is 118 cm³/mol. The molecular weight excluding hydrogens is 427 g/mol. The highest BCUT2D eigenvalue weighted by Crippen LogP contribution is 2.29. The van der Waals surface area contributed by atoms with Crippen molar-refractivity contribution in [2.75, 3.05) is 38.7 Å². The lowest BCUT2D eigenvalue weighted by Gasteiger charge is -2.36. The van der Waals surface area contributed by atoms with Crippen LogP contribution in [0.15, 0.2) is 41.4 Å². The van der Waals surface area contributed by atoms with E-state index < -0.39 is 0 Å². The second kappa shape index (κ2) is 12.0. The van der Waals surface area contributed by atoms with Crippen LogP contribution in [-0.2, 0) is 0 Å². The Hall–Kier alpha value is -1.44. The molecule has 0 amide bonds. The molecule has 0 spiro atoms. The highest BCUT2D eigenvalue weighted by Gasteiger charge is 2.22. The molecule has 2 N–H and O–H groups in total. The minimum Gasteiger partial charge on any atom is -0.495 e. The molecule has 1 aliphatic heterocycles. The third-order valence-electron chi connectivity index (χ3n) is 4.25. The van der Waals surface area contributed by atoms with Crippen molar-refractivity contribution in [3.63, 3.8) is 0 Å². The molecule has 0 saturated carbocycles. The number of nitrogens with zero attached hydrogens (tertiary/aromatic N) is 2. The Balaban J connectivity index is 0.00000312. The lowest BCUT2D eigenvalue weighted by molar-refractivity contribution is 0.408. The Morgan fingerprint density at radius 1 is 1.40 bits per heavy atom. The fourth-order valence-corrected chi connectivity index (χ4v) is 3.03. The molecule has 140 valence electrons. The Morgan fingerprint density at radius 2 is 2.20 bits per heavy atom. The number of nitrogens with one attached hydrogen (secondary N) is 2. The first-order valence-corrected chi connectivity index (χ1v) is 8.74. The molecule has 5 nitrogen and oxygen atoms in total. The SMILES string of the molecule is C/C=C/CCNC(=NC)NC1CCCN(c2ccccc2OC)C1.I. The minimum atomic E-state index is 0. The van der Waals surface area contributed by atoms with Crippen LogP contribution in [0.5, 0.6) is 5.75 Å². The number of allylic oxidation sites excluding steroid dienone is 1. The van der Waals surface area contributed by atoms with E-state index in [1.807, 2.05) is 26.1 Å². The van der Waals surface area contributed by atoms with Gasteiger partial charge in [0.25, 0.3) is 0 Å². The molecule has 0 aromatic heterocycles. The Labute approximate surface area is 168 Å². The van der Waals surface area contributed by atoms with Crippen LogP contribution >= 0.6 is 24.0 Å². The highest BCUT2D eigenvalue weighted by atomic mass is 127. The van der Waals surface area contributed by atoms with E-state index in [0.717, 1.165) is 50.6 Å². The zero-order valence-corrected chi connectivity index (χ0v) is 17.8. The first-order valence-electron chi connectivity index (χ1n) is 8.74. The molecule has 0 radical (unpaired) electrons. The third kappa shape index (κ3) is 6.76. The van der Waals surface area contributed by atoms with Gasteiger partial charge in [-0.05, 0) is 38.3 Å². The van der Waals surface area contributed by atoms with Gasteiger partial charge in [-0.15, -0.1) is 24.0 Å². The zero-order chi connectivity index (χ0) is 17.2. The molecule has 6 heteroatoms. The molecule has 1 aromatic carbocycles. The maximum atomic E-state index is 5.51. The van der Waals surface area contributed by atoms with E-state index in [2.05, 4.69) is 44.8 Å². The smallest absolute Gasteiger partial charge is 0.191 e. The van der Waals surface area contributed by atoms with E-state index in [4.69, 9.17) is 4.74 Å². The minimum absolute atomic E-state index is 0. The summed E-state index contributed by atoms with van der Waals surface area (Å²) in [6.07, 6.45) is 7.55. The van der Waals surface area contributed by atoms with Crippen LogP contribution in [0.25, 0.3) is 0 Å². The van der Waals surface area contributed by atoms with Gasteiger partial charge in [0.1, 0.15) is 5.75 Å². The predicted octanol–water partition coefficient (Wildman–Crippen LogP) is 3.41. The normalized spacial score (nSPS) is 18.0. The van der Waals surface area contributed by atoms with Crippen LogP contribution in [0.4, 0.5) is 5.69 Å². The van der Waals surface area contributed by atoms with Gasteiger partial charge in [0, 0.05) is 32.7 Å². The summed E-state index contributed by atoms with van der Waals surface area (Å²) in [7, 11) is 3.56. The number of para-hydroxylation sites is 2. The van der Waals surface area contributed by atoms with Crippen LogP contribution in [0.2, 0.25) is 0 Å². The van der Waals surface area contributed by atoms with Crippen molar-refractivity contribution in [1.82, 2.24) is 10.6 Å². The second-order valence-electron chi connectivity index (χ2n) is 5.96. The van der Waals surface area contributed by atoms with Gasteiger partial charge in [-0.1, -0.05) is 24.3 Å². The monoisotopic (exact) mass is 458 g/mol. The average Bonchev–Trinajstić information content (AvgIpc) is 2.64. The van der Waals surface area contributed by atoms with E-state index in [1.165, 1.54) is 5.69 Å². The molecule has 1 fully saturated rings. The number of methoxy groups -OCH3 is 1. The summed E-state index contributed by atoms with van der Waals surface area (Å²) in [6.45, 7) is 4.95. The maximum absolute atomic E-state index is 5.51. The topological polar surface area (TPSA) is 48.9 Å². The molecule has 2 rings (SSSR count). The van der Waals surface area contributed by atoms with Crippen molar-refractivity contribution in [2.24, 2.45) is 4.99 Å². The van der Waals surface area contributed by atoms with Crippen LogP contribution in [0.1, 0.15) is 26.2 Å². The number of hydrogen-bond acceptors (Lipinski definition) is 3. The van der Waals surface area contributed by atoms with E-state index in [1.54, 1.807) is 7.11 Å². The number of piperidine rings is 1. The summed E-state index contributed by atoms with van der Waals surface area (Å²) in [4.78, 5) is 6.73. The number of benzene rings is 1. The van der Waals surface area contributed by atoms with Crippen LogP contribution in [0, 0.1) is 0 Å². The van der Waals surface area contributed by atoms with Crippen molar-refractivity contribution < 1.29 is 4.74 Å². The summed E-state index contributed by atoms with van der Waals surface area (Å²) in [5, 5.41) is 6.93. The number of aliphatic imine (C=N–C) groups is 1. The highest BCUT2D eigenvalue weighted by molar-refractivity contribution is 14.0.